The fraction of sp³-hybridized carbons (Fsp3) is 0.650. The lowest BCUT2D eigenvalue weighted by Crippen LogP contribution is -2.35. The van der Waals surface area contributed by atoms with Gasteiger partial charge in [0.15, 0.2) is 11.5 Å². The van der Waals surface area contributed by atoms with E-state index < -0.39 is 0 Å². The largest absolute Gasteiger partial charge is 0.493 e. The van der Waals surface area contributed by atoms with Gasteiger partial charge in [-0.15, -0.1) is 0 Å². The topological polar surface area (TPSA) is 50.8 Å². The van der Waals surface area contributed by atoms with Gasteiger partial charge < -0.3 is 14.8 Å². The number of likely N-dealkylation sites (tertiary alicyclic amines) is 1. The minimum Gasteiger partial charge on any atom is -0.493 e. The second kappa shape index (κ2) is 8.56. The number of piperidine rings is 1. The number of carbonyl (C=O) groups is 1. The highest BCUT2D eigenvalue weighted by molar-refractivity contribution is 5.76. The van der Waals surface area contributed by atoms with Crippen LogP contribution in [0.1, 0.15) is 44.1 Å². The summed E-state index contributed by atoms with van der Waals surface area (Å²) in [7, 11) is 3.33. The highest BCUT2D eigenvalue weighted by Crippen LogP contribution is 2.29. The Hall–Kier alpha value is -1.75. The Labute approximate surface area is 150 Å². The number of nitrogens with one attached hydrogen (secondary N) is 1. The van der Waals surface area contributed by atoms with E-state index in [1.54, 1.807) is 14.2 Å². The highest BCUT2D eigenvalue weighted by atomic mass is 16.5. The molecule has 1 unspecified atom stereocenters. The van der Waals surface area contributed by atoms with Crippen molar-refractivity contribution < 1.29 is 14.3 Å². The van der Waals surface area contributed by atoms with Crippen LogP contribution >= 0.6 is 0 Å². The summed E-state index contributed by atoms with van der Waals surface area (Å²) >= 11 is 0. The molecule has 1 aliphatic carbocycles. The van der Waals surface area contributed by atoms with E-state index in [9.17, 15) is 4.79 Å². The van der Waals surface area contributed by atoms with Gasteiger partial charge in [-0.25, -0.2) is 0 Å². The Morgan fingerprint density at radius 3 is 2.72 bits per heavy atom. The number of amides is 1. The summed E-state index contributed by atoms with van der Waals surface area (Å²) in [5.41, 5.74) is 1.24. The fourth-order valence-electron chi connectivity index (χ4n) is 3.63. The van der Waals surface area contributed by atoms with E-state index in [-0.39, 0.29) is 5.91 Å². The van der Waals surface area contributed by atoms with E-state index in [1.807, 2.05) is 6.07 Å². The third kappa shape index (κ3) is 5.36. The molecule has 1 N–H and O–H groups in total. The van der Waals surface area contributed by atoms with Crippen LogP contribution in [-0.2, 0) is 11.3 Å². The van der Waals surface area contributed by atoms with Crippen molar-refractivity contribution in [3.05, 3.63) is 23.8 Å². The fourth-order valence-corrected chi connectivity index (χ4v) is 3.63. The molecule has 0 aromatic heterocycles. The minimum absolute atomic E-state index is 0.236. The van der Waals surface area contributed by atoms with E-state index in [1.165, 1.54) is 18.4 Å². The lowest BCUT2D eigenvalue weighted by Gasteiger charge is -2.32. The summed E-state index contributed by atoms with van der Waals surface area (Å²) in [6, 6.07) is 6.61. The molecule has 0 spiro atoms. The zero-order valence-electron chi connectivity index (χ0n) is 15.4. The van der Waals surface area contributed by atoms with Gasteiger partial charge in [0.25, 0.3) is 0 Å². The van der Waals surface area contributed by atoms with Crippen molar-refractivity contribution in [1.82, 2.24) is 10.2 Å². The van der Waals surface area contributed by atoms with Crippen molar-refractivity contribution >= 4 is 5.91 Å². The Kier molecular flexibility index (Phi) is 6.19. The van der Waals surface area contributed by atoms with Gasteiger partial charge in [0.1, 0.15) is 0 Å². The number of carbonyl (C=O) groups excluding carboxylic acids is 1. The van der Waals surface area contributed by atoms with Crippen molar-refractivity contribution in [2.75, 3.05) is 27.3 Å². The molecule has 1 saturated heterocycles. The van der Waals surface area contributed by atoms with Gasteiger partial charge >= 0.3 is 0 Å². The average Bonchev–Trinajstić information content (AvgIpc) is 3.44. The minimum atomic E-state index is 0.236. The number of benzene rings is 1. The molecule has 1 amide bonds. The molecule has 0 radical (unpaired) electrons. The van der Waals surface area contributed by atoms with E-state index in [4.69, 9.17) is 9.47 Å². The second-order valence-electron chi connectivity index (χ2n) is 7.31. The Balaban J connectivity index is 1.48. The number of rotatable bonds is 8. The summed E-state index contributed by atoms with van der Waals surface area (Å²) in [5.74, 6) is 2.41. The van der Waals surface area contributed by atoms with Crippen LogP contribution in [0.25, 0.3) is 0 Å². The van der Waals surface area contributed by atoms with Crippen LogP contribution in [-0.4, -0.2) is 44.2 Å². The Bertz CT molecular complexity index is 586. The summed E-state index contributed by atoms with van der Waals surface area (Å²) in [6.45, 7) is 3.12. The van der Waals surface area contributed by atoms with Crippen LogP contribution in [0.2, 0.25) is 0 Å². The van der Waals surface area contributed by atoms with Gasteiger partial charge in [0, 0.05) is 25.6 Å². The molecule has 1 aromatic carbocycles. The Morgan fingerprint density at radius 2 is 2.00 bits per heavy atom. The molecule has 1 heterocycles. The molecule has 1 atom stereocenters. The molecular weight excluding hydrogens is 316 g/mol. The van der Waals surface area contributed by atoms with Crippen molar-refractivity contribution in [2.45, 2.75) is 51.1 Å². The van der Waals surface area contributed by atoms with E-state index >= 15 is 0 Å². The Morgan fingerprint density at radius 1 is 1.20 bits per heavy atom. The lowest BCUT2D eigenvalue weighted by atomic mass is 9.93. The standard InChI is InChI=1S/C20H30N2O3/c1-24-18-9-5-16(12-19(18)25-2)14-22-11-3-4-15(13-22)6-10-20(23)21-17-7-8-17/h5,9,12,15,17H,3-4,6-8,10-11,13-14H2,1-2H3,(H,21,23). The van der Waals surface area contributed by atoms with E-state index in [0.717, 1.165) is 50.4 Å². The SMILES string of the molecule is COc1ccc(CN2CCCC(CCC(=O)NC3CC3)C2)cc1OC. The molecule has 1 saturated carbocycles. The van der Waals surface area contributed by atoms with Crippen LogP contribution in [0, 0.1) is 5.92 Å². The molecule has 0 bridgehead atoms. The summed E-state index contributed by atoms with van der Waals surface area (Å²) in [4.78, 5) is 14.4. The highest BCUT2D eigenvalue weighted by Gasteiger charge is 2.25. The summed E-state index contributed by atoms with van der Waals surface area (Å²) in [5, 5.41) is 3.09. The van der Waals surface area contributed by atoms with Crippen molar-refractivity contribution in [2.24, 2.45) is 5.92 Å². The molecule has 25 heavy (non-hydrogen) atoms. The number of ether oxygens (including phenoxy) is 2. The second-order valence-corrected chi connectivity index (χ2v) is 7.31. The quantitative estimate of drug-likeness (QED) is 0.786. The third-order valence-corrected chi connectivity index (χ3v) is 5.18. The first-order valence-electron chi connectivity index (χ1n) is 9.40. The van der Waals surface area contributed by atoms with Gasteiger partial charge in [0.2, 0.25) is 5.91 Å². The van der Waals surface area contributed by atoms with Crippen molar-refractivity contribution in [3.63, 3.8) is 0 Å². The van der Waals surface area contributed by atoms with Crippen LogP contribution in [0.4, 0.5) is 0 Å². The molecule has 5 nitrogen and oxygen atoms in total. The predicted molar refractivity (Wildman–Crippen MR) is 97.9 cm³/mol. The maximum atomic E-state index is 11.9. The van der Waals surface area contributed by atoms with Gasteiger partial charge in [0.05, 0.1) is 14.2 Å². The smallest absolute Gasteiger partial charge is 0.220 e. The van der Waals surface area contributed by atoms with Crippen LogP contribution < -0.4 is 14.8 Å². The van der Waals surface area contributed by atoms with Gasteiger partial charge in [-0.2, -0.15) is 0 Å². The number of hydrogen-bond acceptors (Lipinski definition) is 4. The number of nitrogens with zero attached hydrogens (tertiary/aromatic N) is 1. The third-order valence-electron chi connectivity index (χ3n) is 5.18. The van der Waals surface area contributed by atoms with Gasteiger partial charge in [-0.3, -0.25) is 9.69 Å². The van der Waals surface area contributed by atoms with E-state index in [2.05, 4.69) is 22.3 Å². The van der Waals surface area contributed by atoms with Crippen LogP contribution in [0.15, 0.2) is 18.2 Å². The number of methoxy groups -OCH3 is 2. The normalized spacial score (nSPS) is 21.0. The summed E-state index contributed by atoms with van der Waals surface area (Å²) in [6.07, 6.45) is 6.44. The molecule has 1 aliphatic heterocycles. The molecule has 5 heteroatoms. The first-order valence-corrected chi connectivity index (χ1v) is 9.40. The molecule has 138 valence electrons. The average molecular weight is 346 g/mol. The van der Waals surface area contributed by atoms with Gasteiger partial charge in [-0.05, 0) is 62.3 Å². The van der Waals surface area contributed by atoms with Crippen LogP contribution in [0.3, 0.4) is 0 Å². The monoisotopic (exact) mass is 346 g/mol. The number of hydrogen-bond donors (Lipinski definition) is 1. The maximum absolute atomic E-state index is 11.9. The molecular formula is C20H30N2O3. The first-order chi connectivity index (χ1) is 12.2. The summed E-state index contributed by atoms with van der Waals surface area (Å²) < 4.78 is 10.7. The maximum Gasteiger partial charge on any atom is 0.220 e. The van der Waals surface area contributed by atoms with Crippen molar-refractivity contribution in [1.29, 1.82) is 0 Å². The van der Waals surface area contributed by atoms with E-state index in [0.29, 0.717) is 18.4 Å². The lowest BCUT2D eigenvalue weighted by molar-refractivity contribution is -0.121. The van der Waals surface area contributed by atoms with Crippen LogP contribution in [0.5, 0.6) is 11.5 Å². The molecule has 1 aromatic rings. The molecule has 3 rings (SSSR count). The predicted octanol–water partition coefficient (Wildman–Crippen LogP) is 2.97. The molecule has 2 aliphatic rings. The zero-order chi connectivity index (χ0) is 17.6. The zero-order valence-corrected chi connectivity index (χ0v) is 15.4. The first kappa shape index (κ1) is 18.1. The van der Waals surface area contributed by atoms with Gasteiger partial charge in [-0.1, -0.05) is 6.07 Å². The molecule has 2 fully saturated rings. The van der Waals surface area contributed by atoms with Crippen molar-refractivity contribution in [3.8, 4) is 11.5 Å².